The van der Waals surface area contributed by atoms with Crippen LogP contribution in [0.25, 0.3) is 10.9 Å². The number of nitrogens with one attached hydrogen (secondary N) is 3. The average Bonchev–Trinajstić information content (AvgIpc) is 3.40. The fourth-order valence-electron chi connectivity index (χ4n) is 5.10. The van der Waals surface area contributed by atoms with E-state index in [1.165, 1.54) is 5.56 Å². The summed E-state index contributed by atoms with van der Waals surface area (Å²) in [5, 5.41) is 17.4. The number of methoxy groups -OCH3 is 1. The maximum absolute atomic E-state index is 12.9. The number of aliphatic hydroxyl groups is 1. The van der Waals surface area contributed by atoms with Gasteiger partial charge in [-0.15, -0.1) is 0 Å². The molecule has 4 heterocycles. The molecule has 9 nitrogen and oxygen atoms in total. The maximum Gasteiger partial charge on any atom is 0.321 e. The number of aliphatic hydroxyl groups excluding tert-OH is 1. The molecule has 3 aromatic rings. The Balaban J connectivity index is 1.26. The van der Waals surface area contributed by atoms with Crippen molar-refractivity contribution in [2.75, 3.05) is 45.5 Å². The van der Waals surface area contributed by atoms with Crippen LogP contribution in [-0.2, 0) is 5.41 Å². The number of ether oxygens (including phenoxy) is 3. The summed E-state index contributed by atoms with van der Waals surface area (Å²) < 4.78 is 16.1. The van der Waals surface area contributed by atoms with Gasteiger partial charge in [-0.1, -0.05) is 0 Å². The van der Waals surface area contributed by atoms with E-state index in [-0.39, 0.29) is 30.9 Å². The second kappa shape index (κ2) is 7.04. The van der Waals surface area contributed by atoms with Crippen LogP contribution < -0.4 is 24.8 Å². The van der Waals surface area contributed by atoms with Gasteiger partial charge in [0.05, 0.1) is 19.8 Å². The topological polar surface area (TPSA) is 108 Å². The van der Waals surface area contributed by atoms with Gasteiger partial charge in [-0.05, 0) is 29.8 Å². The number of hydrogen-bond acceptors (Lipinski definition) is 6. The molecule has 166 valence electrons. The summed E-state index contributed by atoms with van der Waals surface area (Å²) in [4.78, 5) is 18.2. The number of aromatic amines is 1. The molecule has 3 aliphatic heterocycles. The minimum absolute atomic E-state index is 0.00134. The van der Waals surface area contributed by atoms with Crippen LogP contribution in [-0.4, -0.2) is 61.2 Å². The predicted molar refractivity (Wildman–Crippen MR) is 118 cm³/mol. The summed E-state index contributed by atoms with van der Waals surface area (Å²) in [6.07, 6.45) is 0. The van der Waals surface area contributed by atoms with Crippen LogP contribution in [0.1, 0.15) is 17.3 Å². The Hall–Kier alpha value is -3.43. The van der Waals surface area contributed by atoms with Gasteiger partial charge in [-0.25, -0.2) is 4.79 Å². The number of carbonyl (C=O) groups excluding carboxylic acids is 1. The Labute approximate surface area is 184 Å². The van der Waals surface area contributed by atoms with E-state index in [1.54, 1.807) is 30.2 Å². The van der Waals surface area contributed by atoms with E-state index in [4.69, 9.17) is 14.2 Å². The molecule has 32 heavy (non-hydrogen) atoms. The van der Waals surface area contributed by atoms with Gasteiger partial charge in [0, 0.05) is 59.5 Å². The predicted octanol–water partition coefficient (Wildman–Crippen LogP) is 2.33. The minimum Gasteiger partial charge on any atom is -0.497 e. The summed E-state index contributed by atoms with van der Waals surface area (Å²) in [5.74, 6) is 2.09. The largest absolute Gasteiger partial charge is 0.497 e. The second-order valence-electron chi connectivity index (χ2n) is 8.58. The quantitative estimate of drug-likeness (QED) is 0.502. The zero-order valence-corrected chi connectivity index (χ0v) is 17.6. The van der Waals surface area contributed by atoms with Crippen molar-refractivity contribution in [3.8, 4) is 17.2 Å². The first-order valence-corrected chi connectivity index (χ1v) is 10.6. The molecule has 0 radical (unpaired) electrons. The standard InChI is InChI=1S/C23H24N4O5/c1-30-14-3-4-15-16(7-14)26-21-17(8-28)24-9-23(20(15)21)10-27(11-23)22(29)25-13-2-5-18-19(6-13)32-12-31-18/h2-7,17,24,26,28H,8-12H2,1H3,(H,25,29)/t17-/m0/s1. The minimum atomic E-state index is -0.208. The molecule has 1 atom stereocenters. The van der Waals surface area contributed by atoms with Crippen molar-refractivity contribution in [2.45, 2.75) is 11.5 Å². The van der Waals surface area contributed by atoms with E-state index in [0.717, 1.165) is 22.3 Å². The van der Waals surface area contributed by atoms with Crippen molar-refractivity contribution in [1.82, 2.24) is 15.2 Å². The molecule has 0 bridgehead atoms. The average molecular weight is 436 g/mol. The van der Waals surface area contributed by atoms with Crippen molar-refractivity contribution in [1.29, 1.82) is 0 Å². The highest BCUT2D eigenvalue weighted by Gasteiger charge is 2.51. The summed E-state index contributed by atoms with van der Waals surface area (Å²) in [6.45, 7) is 2.06. The molecule has 1 aromatic heterocycles. The van der Waals surface area contributed by atoms with Gasteiger partial charge in [-0.3, -0.25) is 0 Å². The first-order chi connectivity index (χ1) is 15.6. The first kappa shape index (κ1) is 19.3. The molecular formula is C23H24N4O5. The van der Waals surface area contributed by atoms with Crippen LogP contribution in [0.2, 0.25) is 0 Å². The molecular weight excluding hydrogens is 412 g/mol. The Morgan fingerprint density at radius 3 is 2.91 bits per heavy atom. The molecule has 3 aliphatic rings. The molecule has 2 amide bonds. The number of H-pyrrole nitrogens is 1. The zero-order valence-electron chi connectivity index (χ0n) is 17.6. The fourth-order valence-corrected chi connectivity index (χ4v) is 5.10. The fraction of sp³-hybridized carbons (Fsp3) is 0.348. The van der Waals surface area contributed by atoms with Gasteiger partial charge < -0.3 is 39.8 Å². The molecule has 0 saturated carbocycles. The highest BCUT2D eigenvalue weighted by molar-refractivity contribution is 5.92. The smallest absolute Gasteiger partial charge is 0.321 e. The lowest BCUT2D eigenvalue weighted by atomic mass is 9.69. The van der Waals surface area contributed by atoms with Gasteiger partial charge in [0.15, 0.2) is 11.5 Å². The number of hydrogen-bond donors (Lipinski definition) is 4. The molecule has 9 heteroatoms. The summed E-state index contributed by atoms with van der Waals surface area (Å²) in [7, 11) is 1.64. The number of anilines is 1. The number of amides is 2. The summed E-state index contributed by atoms with van der Waals surface area (Å²) >= 11 is 0. The van der Waals surface area contributed by atoms with E-state index in [9.17, 15) is 9.90 Å². The number of carbonyl (C=O) groups is 1. The molecule has 1 spiro atoms. The Morgan fingerprint density at radius 2 is 2.09 bits per heavy atom. The van der Waals surface area contributed by atoms with Crippen molar-refractivity contribution < 1.29 is 24.1 Å². The van der Waals surface area contributed by atoms with Crippen molar-refractivity contribution >= 4 is 22.6 Å². The van der Waals surface area contributed by atoms with E-state index < -0.39 is 0 Å². The lowest BCUT2D eigenvalue weighted by Crippen LogP contribution is -2.67. The number of benzene rings is 2. The number of nitrogens with zero attached hydrogens (tertiary/aromatic N) is 1. The number of fused-ring (bicyclic) bond motifs is 5. The van der Waals surface area contributed by atoms with Crippen molar-refractivity contribution in [2.24, 2.45) is 0 Å². The van der Waals surface area contributed by atoms with Crippen molar-refractivity contribution in [3.63, 3.8) is 0 Å². The monoisotopic (exact) mass is 436 g/mol. The maximum atomic E-state index is 12.9. The third kappa shape index (κ3) is 2.81. The number of aromatic nitrogens is 1. The van der Waals surface area contributed by atoms with E-state index in [2.05, 4.69) is 21.7 Å². The summed E-state index contributed by atoms with van der Waals surface area (Å²) in [6, 6.07) is 11.0. The number of urea groups is 1. The molecule has 0 unspecified atom stereocenters. The SMILES string of the molecule is COc1ccc2c3c([nH]c2c1)[C@H](CO)NCC31CN(C(=O)Nc2ccc3c(c2)OCO3)C1. The lowest BCUT2D eigenvalue weighted by Gasteiger charge is -2.53. The number of rotatable bonds is 3. The Morgan fingerprint density at radius 1 is 1.25 bits per heavy atom. The highest BCUT2D eigenvalue weighted by atomic mass is 16.7. The van der Waals surface area contributed by atoms with Crippen LogP contribution in [0, 0.1) is 0 Å². The highest BCUT2D eigenvalue weighted by Crippen LogP contribution is 2.45. The van der Waals surface area contributed by atoms with Crippen molar-refractivity contribution in [3.05, 3.63) is 47.7 Å². The third-order valence-corrected chi connectivity index (χ3v) is 6.68. The van der Waals surface area contributed by atoms with Crippen LogP contribution in [0.4, 0.5) is 10.5 Å². The lowest BCUT2D eigenvalue weighted by molar-refractivity contribution is 0.0841. The van der Waals surface area contributed by atoms with Crippen LogP contribution >= 0.6 is 0 Å². The number of likely N-dealkylation sites (tertiary alicyclic amines) is 1. The molecule has 2 aromatic carbocycles. The first-order valence-electron chi connectivity index (χ1n) is 10.6. The molecule has 1 saturated heterocycles. The van der Waals surface area contributed by atoms with Gasteiger partial charge >= 0.3 is 6.03 Å². The molecule has 4 N–H and O–H groups in total. The molecule has 0 aliphatic carbocycles. The van der Waals surface area contributed by atoms with Crippen LogP contribution in [0.3, 0.4) is 0 Å². The van der Waals surface area contributed by atoms with E-state index >= 15 is 0 Å². The van der Waals surface area contributed by atoms with E-state index in [1.807, 2.05) is 12.1 Å². The van der Waals surface area contributed by atoms with Gasteiger partial charge in [0.25, 0.3) is 0 Å². The van der Waals surface area contributed by atoms with Gasteiger partial charge in [0.2, 0.25) is 6.79 Å². The van der Waals surface area contributed by atoms with Gasteiger partial charge in [0.1, 0.15) is 5.75 Å². The summed E-state index contributed by atoms with van der Waals surface area (Å²) in [5.41, 5.74) is 3.60. The second-order valence-corrected chi connectivity index (χ2v) is 8.58. The van der Waals surface area contributed by atoms with Gasteiger partial charge in [-0.2, -0.15) is 0 Å². The zero-order chi connectivity index (χ0) is 21.9. The Bertz CT molecular complexity index is 1220. The molecule has 1 fully saturated rings. The molecule has 6 rings (SSSR count). The Kier molecular flexibility index (Phi) is 4.24. The van der Waals surface area contributed by atoms with Crippen LogP contribution in [0.15, 0.2) is 36.4 Å². The normalized spacial score (nSPS) is 20.2. The van der Waals surface area contributed by atoms with Crippen LogP contribution in [0.5, 0.6) is 17.2 Å². The third-order valence-electron chi connectivity index (χ3n) is 6.68. The van der Waals surface area contributed by atoms with E-state index in [0.29, 0.717) is 36.8 Å².